The number of aliphatic carboxylic acids is 1. The first-order chi connectivity index (χ1) is 10.4. The number of rotatable bonds is 6. The van der Waals surface area contributed by atoms with Crippen molar-refractivity contribution in [3.63, 3.8) is 0 Å². The van der Waals surface area contributed by atoms with Crippen molar-refractivity contribution in [2.45, 2.75) is 24.3 Å². The summed E-state index contributed by atoms with van der Waals surface area (Å²) in [4.78, 5) is 11.0. The Morgan fingerprint density at radius 3 is 2.23 bits per heavy atom. The van der Waals surface area contributed by atoms with E-state index in [0.29, 0.717) is 5.56 Å². The van der Waals surface area contributed by atoms with Crippen LogP contribution < -0.4 is 9.83 Å². The second-order valence-electron chi connectivity index (χ2n) is 4.97. The van der Waals surface area contributed by atoms with E-state index < -0.39 is 28.5 Å². The quantitative estimate of drug-likeness (QED) is 0.866. The fourth-order valence-corrected chi connectivity index (χ4v) is 3.28. The number of carboxylic acids is 1. The molecule has 1 N–H and O–H groups in total. The third-order valence-electron chi connectivity index (χ3n) is 3.20. The van der Waals surface area contributed by atoms with Gasteiger partial charge in [-0.1, -0.05) is 48.0 Å². The SMILES string of the molecule is Cc1ccc(S(=O)(=O)N[C@@H](CC(=O)[O-])c2ccccc2)cc1. The normalized spacial score (nSPS) is 12.8. The van der Waals surface area contributed by atoms with Crippen molar-refractivity contribution in [1.29, 1.82) is 0 Å². The highest BCUT2D eigenvalue weighted by Crippen LogP contribution is 2.20. The summed E-state index contributed by atoms with van der Waals surface area (Å²) >= 11 is 0. The molecule has 0 amide bonds. The van der Waals surface area contributed by atoms with Gasteiger partial charge in [-0.3, -0.25) is 0 Å². The van der Waals surface area contributed by atoms with Crippen molar-refractivity contribution in [3.8, 4) is 0 Å². The zero-order chi connectivity index (χ0) is 16.2. The van der Waals surface area contributed by atoms with Gasteiger partial charge in [0.05, 0.1) is 10.9 Å². The lowest BCUT2D eigenvalue weighted by atomic mass is 10.1. The number of sulfonamides is 1. The molecular formula is C16H16NO4S-. The average Bonchev–Trinajstić information content (AvgIpc) is 2.47. The third kappa shape index (κ3) is 4.16. The molecule has 0 unspecified atom stereocenters. The Bertz CT molecular complexity index is 739. The molecule has 22 heavy (non-hydrogen) atoms. The monoisotopic (exact) mass is 318 g/mol. The Morgan fingerprint density at radius 2 is 1.68 bits per heavy atom. The number of carboxylic acid groups (broad SMARTS) is 1. The second-order valence-corrected chi connectivity index (χ2v) is 6.69. The molecule has 2 aromatic rings. The van der Waals surface area contributed by atoms with E-state index in [4.69, 9.17) is 0 Å². The van der Waals surface area contributed by atoms with Gasteiger partial charge >= 0.3 is 0 Å². The minimum Gasteiger partial charge on any atom is -0.550 e. The molecule has 6 heteroatoms. The molecule has 5 nitrogen and oxygen atoms in total. The van der Waals surface area contributed by atoms with Crippen LogP contribution in [0.1, 0.15) is 23.6 Å². The lowest BCUT2D eigenvalue weighted by Gasteiger charge is -2.19. The van der Waals surface area contributed by atoms with Gasteiger partial charge in [-0.05, 0) is 24.6 Å². The van der Waals surface area contributed by atoms with Gasteiger partial charge in [-0.15, -0.1) is 0 Å². The third-order valence-corrected chi connectivity index (χ3v) is 4.69. The Balaban J connectivity index is 2.30. The van der Waals surface area contributed by atoms with Crippen LogP contribution in [0.5, 0.6) is 0 Å². The second kappa shape index (κ2) is 6.72. The Hall–Kier alpha value is -2.18. The minimum atomic E-state index is -3.81. The molecular weight excluding hydrogens is 302 g/mol. The van der Waals surface area contributed by atoms with Gasteiger partial charge in [0, 0.05) is 12.4 Å². The number of benzene rings is 2. The van der Waals surface area contributed by atoms with Crippen LogP contribution >= 0.6 is 0 Å². The summed E-state index contributed by atoms with van der Waals surface area (Å²) in [5, 5.41) is 10.9. The van der Waals surface area contributed by atoms with Crippen LogP contribution in [0.25, 0.3) is 0 Å². The number of hydrogen-bond acceptors (Lipinski definition) is 4. The lowest BCUT2D eigenvalue weighted by molar-refractivity contribution is -0.306. The molecule has 0 aliphatic rings. The van der Waals surface area contributed by atoms with Gasteiger partial charge in [-0.25, -0.2) is 13.1 Å². The fourth-order valence-electron chi connectivity index (χ4n) is 2.05. The van der Waals surface area contributed by atoms with Gasteiger partial charge in [0.25, 0.3) is 0 Å². The average molecular weight is 318 g/mol. The van der Waals surface area contributed by atoms with Crippen LogP contribution in [-0.2, 0) is 14.8 Å². The van der Waals surface area contributed by atoms with E-state index in [1.54, 1.807) is 42.5 Å². The van der Waals surface area contributed by atoms with E-state index in [1.165, 1.54) is 12.1 Å². The van der Waals surface area contributed by atoms with Gasteiger partial charge in [-0.2, -0.15) is 0 Å². The van der Waals surface area contributed by atoms with E-state index in [-0.39, 0.29) is 4.90 Å². The van der Waals surface area contributed by atoms with Gasteiger partial charge < -0.3 is 9.90 Å². The summed E-state index contributed by atoms with van der Waals surface area (Å²) in [5.74, 6) is -1.32. The zero-order valence-corrected chi connectivity index (χ0v) is 12.8. The van der Waals surface area contributed by atoms with Crippen molar-refractivity contribution in [2.75, 3.05) is 0 Å². The van der Waals surface area contributed by atoms with E-state index >= 15 is 0 Å². The van der Waals surface area contributed by atoms with Crippen molar-refractivity contribution < 1.29 is 18.3 Å². The molecule has 2 rings (SSSR count). The molecule has 0 aromatic heterocycles. The molecule has 0 radical (unpaired) electrons. The van der Waals surface area contributed by atoms with E-state index in [2.05, 4.69) is 4.72 Å². The molecule has 0 heterocycles. The van der Waals surface area contributed by atoms with Gasteiger partial charge in [0.2, 0.25) is 10.0 Å². The van der Waals surface area contributed by atoms with E-state index in [0.717, 1.165) is 5.56 Å². The summed E-state index contributed by atoms with van der Waals surface area (Å²) in [6.45, 7) is 1.85. The predicted molar refractivity (Wildman–Crippen MR) is 80.3 cm³/mol. The van der Waals surface area contributed by atoms with Crippen molar-refractivity contribution >= 4 is 16.0 Å². The first kappa shape index (κ1) is 16.2. The minimum absolute atomic E-state index is 0.0948. The number of carbonyl (C=O) groups excluding carboxylic acids is 1. The topological polar surface area (TPSA) is 86.3 Å². The molecule has 0 bridgehead atoms. The first-order valence-corrected chi connectivity index (χ1v) is 8.20. The predicted octanol–water partition coefficient (Wildman–Crippen LogP) is 1.15. The summed E-state index contributed by atoms with van der Waals surface area (Å²) in [5.41, 5.74) is 1.51. The maximum atomic E-state index is 12.4. The maximum Gasteiger partial charge on any atom is 0.241 e. The number of hydrogen-bond donors (Lipinski definition) is 1. The van der Waals surface area contributed by atoms with Crippen LogP contribution in [0.15, 0.2) is 59.5 Å². The molecule has 116 valence electrons. The van der Waals surface area contributed by atoms with Crippen LogP contribution in [-0.4, -0.2) is 14.4 Å². The molecule has 2 aromatic carbocycles. The Labute approximate surface area is 129 Å². The summed E-state index contributed by atoms with van der Waals surface area (Å²) in [6, 6.07) is 14.0. The smallest absolute Gasteiger partial charge is 0.241 e. The Morgan fingerprint density at radius 1 is 1.09 bits per heavy atom. The highest BCUT2D eigenvalue weighted by Gasteiger charge is 2.21. The largest absolute Gasteiger partial charge is 0.550 e. The van der Waals surface area contributed by atoms with Crippen molar-refractivity contribution in [1.82, 2.24) is 4.72 Å². The molecule has 1 atom stereocenters. The van der Waals surface area contributed by atoms with Crippen LogP contribution in [0.4, 0.5) is 0 Å². The summed E-state index contributed by atoms with van der Waals surface area (Å²) < 4.78 is 27.2. The molecule has 0 aliphatic heterocycles. The van der Waals surface area contributed by atoms with Crippen molar-refractivity contribution in [3.05, 3.63) is 65.7 Å². The lowest BCUT2D eigenvalue weighted by Crippen LogP contribution is -2.34. The standard InChI is InChI=1S/C16H17NO4S/c1-12-7-9-14(10-8-12)22(20,21)17-15(11-16(18)19)13-5-3-2-4-6-13/h2-10,15,17H,11H2,1H3,(H,18,19)/p-1/t15-/m0/s1. The Kier molecular flexibility index (Phi) is 4.95. The van der Waals surface area contributed by atoms with E-state index in [1.807, 2.05) is 6.92 Å². The van der Waals surface area contributed by atoms with E-state index in [9.17, 15) is 18.3 Å². The highest BCUT2D eigenvalue weighted by atomic mass is 32.2. The summed E-state index contributed by atoms with van der Waals surface area (Å²) in [7, 11) is -3.81. The van der Waals surface area contributed by atoms with Crippen molar-refractivity contribution in [2.24, 2.45) is 0 Å². The number of carbonyl (C=O) groups is 1. The molecule has 0 aliphatic carbocycles. The molecule has 0 saturated heterocycles. The molecule has 0 spiro atoms. The van der Waals surface area contributed by atoms with Crippen LogP contribution in [0.3, 0.4) is 0 Å². The number of nitrogens with one attached hydrogen (secondary N) is 1. The van der Waals surface area contributed by atoms with Crippen LogP contribution in [0.2, 0.25) is 0 Å². The van der Waals surface area contributed by atoms with Crippen LogP contribution in [0, 0.1) is 6.92 Å². The molecule has 0 fully saturated rings. The number of aryl methyl sites for hydroxylation is 1. The highest BCUT2D eigenvalue weighted by molar-refractivity contribution is 7.89. The van der Waals surface area contributed by atoms with Gasteiger partial charge in [0.15, 0.2) is 0 Å². The summed E-state index contributed by atoms with van der Waals surface area (Å²) in [6.07, 6.45) is -0.435. The zero-order valence-electron chi connectivity index (χ0n) is 12.0. The molecule has 0 saturated carbocycles. The van der Waals surface area contributed by atoms with Gasteiger partial charge in [0.1, 0.15) is 0 Å². The maximum absolute atomic E-state index is 12.4. The first-order valence-electron chi connectivity index (χ1n) is 6.72. The fraction of sp³-hybridized carbons (Fsp3) is 0.188.